The van der Waals surface area contributed by atoms with Gasteiger partial charge in [-0.2, -0.15) is 0 Å². The quantitative estimate of drug-likeness (QED) is 0.125. The van der Waals surface area contributed by atoms with E-state index in [1.165, 1.54) is 46.4 Å². The van der Waals surface area contributed by atoms with E-state index in [0.29, 0.717) is 23.4 Å². The van der Waals surface area contributed by atoms with E-state index < -0.39 is 18.4 Å². The van der Waals surface area contributed by atoms with Gasteiger partial charge in [-0.05, 0) is 0 Å². The number of aliphatic hydroxyl groups excluding tert-OH is 1. The fourth-order valence-electron chi connectivity index (χ4n) is 3.52. The summed E-state index contributed by atoms with van der Waals surface area (Å²) in [6, 6.07) is 0. The zero-order valence-corrected chi connectivity index (χ0v) is 23.2. The van der Waals surface area contributed by atoms with Gasteiger partial charge in [-0.25, -0.2) is 0 Å². The van der Waals surface area contributed by atoms with Crippen LogP contribution in [0.15, 0.2) is 21.8 Å². The zero-order chi connectivity index (χ0) is 21.0. The molecule has 28 heavy (non-hydrogen) atoms. The summed E-state index contributed by atoms with van der Waals surface area (Å²) in [5.74, 6) is 2.87. The van der Waals surface area contributed by atoms with E-state index in [1.807, 2.05) is 0 Å². The molecule has 6 heteroatoms. The van der Waals surface area contributed by atoms with E-state index in [1.54, 1.807) is 7.11 Å². The number of hydrogen-bond acceptors (Lipinski definition) is 5. The molecule has 3 nitrogen and oxygen atoms in total. The molecule has 0 aromatic carbocycles. The minimum absolute atomic E-state index is 0.268. The van der Waals surface area contributed by atoms with Gasteiger partial charge in [-0.3, -0.25) is 0 Å². The van der Waals surface area contributed by atoms with Crippen molar-refractivity contribution in [3.8, 4) is 0 Å². The number of ether oxygens (including phenoxy) is 2. The second kappa shape index (κ2) is 14.0. The molecule has 0 aromatic rings. The van der Waals surface area contributed by atoms with Gasteiger partial charge in [0.2, 0.25) is 0 Å². The minimum atomic E-state index is -2.14. The molecule has 0 aliphatic carbocycles. The Balaban J connectivity index is 2.55. The van der Waals surface area contributed by atoms with E-state index in [-0.39, 0.29) is 6.61 Å². The Labute approximate surface area is 186 Å². The van der Waals surface area contributed by atoms with Gasteiger partial charge in [-0.15, -0.1) is 0 Å². The maximum absolute atomic E-state index is 9.89. The van der Waals surface area contributed by atoms with Crippen molar-refractivity contribution in [3.63, 3.8) is 0 Å². The summed E-state index contributed by atoms with van der Waals surface area (Å²) in [4.78, 5) is 7.21. The van der Waals surface area contributed by atoms with E-state index in [9.17, 15) is 5.11 Å². The molecule has 0 bridgehead atoms. The predicted octanol–water partition coefficient (Wildman–Crippen LogP) is 6.11. The molecule has 1 rings (SSSR count). The van der Waals surface area contributed by atoms with E-state index in [4.69, 9.17) is 9.47 Å². The molecule has 1 fully saturated rings. The average Bonchev–Trinajstić information content (AvgIpc) is 2.65. The van der Waals surface area contributed by atoms with Crippen LogP contribution in [0.2, 0.25) is 14.8 Å². The maximum atomic E-state index is 9.89. The molecule has 1 unspecified atom stereocenters. The Kier molecular flexibility index (Phi) is 13.5. The molecule has 0 radical (unpaired) electrons. The summed E-state index contributed by atoms with van der Waals surface area (Å²) in [6.07, 6.45) is 9.49. The summed E-state index contributed by atoms with van der Waals surface area (Å²) in [6.45, 7) is 7.79. The Bertz CT molecular complexity index is 483. The second-order valence-corrected chi connectivity index (χ2v) is 26.7. The van der Waals surface area contributed by atoms with E-state index in [0.717, 1.165) is 12.8 Å². The van der Waals surface area contributed by atoms with Crippen LogP contribution in [-0.2, 0) is 9.47 Å². The molecule has 1 aliphatic rings. The zero-order valence-electron chi connectivity index (χ0n) is 18.7. The first-order valence-corrected chi connectivity index (χ1v) is 22.5. The van der Waals surface area contributed by atoms with Crippen LogP contribution >= 0.6 is 23.5 Å². The summed E-state index contributed by atoms with van der Waals surface area (Å²) < 4.78 is 12.1. The summed E-state index contributed by atoms with van der Waals surface area (Å²) >= 11 is 2.20. The first-order chi connectivity index (χ1) is 13.2. The number of thioether (sulfide) groups is 2. The van der Waals surface area contributed by atoms with Crippen molar-refractivity contribution in [2.45, 2.75) is 64.3 Å². The third-order valence-electron chi connectivity index (χ3n) is 5.35. The van der Waals surface area contributed by atoms with Gasteiger partial charge in [-0.1, -0.05) is 0 Å². The predicted molar refractivity (Wildman–Crippen MR) is 130 cm³/mol. The van der Waals surface area contributed by atoms with Crippen molar-refractivity contribution in [1.29, 1.82) is 0 Å². The van der Waals surface area contributed by atoms with Crippen molar-refractivity contribution in [1.82, 2.24) is 0 Å². The van der Waals surface area contributed by atoms with Crippen LogP contribution in [0.4, 0.5) is 0 Å². The van der Waals surface area contributed by atoms with Gasteiger partial charge in [0, 0.05) is 7.11 Å². The molecule has 164 valence electrons. The SMILES string of the molecule is C=[C](C(CO)CCCC1(CC/C=C(\C)COCOC)SCCCS1)[Sn]([CH3])([CH3])[CH3]. The molecule has 1 heterocycles. The molecular weight excluding hydrogens is 495 g/mol. The third-order valence-corrected chi connectivity index (χ3v) is 15.6. The molecule has 0 spiro atoms. The molecular formula is C22H42O3S2Sn. The van der Waals surface area contributed by atoms with Crippen LogP contribution in [0.25, 0.3) is 0 Å². The van der Waals surface area contributed by atoms with Crippen LogP contribution in [0.1, 0.15) is 45.4 Å². The molecule has 1 aliphatic heterocycles. The monoisotopic (exact) mass is 538 g/mol. The summed E-state index contributed by atoms with van der Waals surface area (Å²) in [5, 5.41) is 9.89. The summed E-state index contributed by atoms with van der Waals surface area (Å²) in [5.41, 5.74) is 1.28. The normalized spacial score (nSPS) is 18.9. The van der Waals surface area contributed by atoms with Crippen LogP contribution in [0, 0.1) is 5.92 Å². The number of rotatable bonds is 14. The number of hydrogen-bond donors (Lipinski definition) is 1. The van der Waals surface area contributed by atoms with Crippen LogP contribution < -0.4 is 0 Å². The van der Waals surface area contributed by atoms with Gasteiger partial charge >= 0.3 is 169 Å². The van der Waals surface area contributed by atoms with Gasteiger partial charge in [0.05, 0.1) is 0 Å². The number of methoxy groups -OCH3 is 1. The first-order valence-electron chi connectivity index (χ1n) is 10.5. The Morgan fingerprint density at radius 1 is 1.25 bits per heavy atom. The van der Waals surface area contributed by atoms with Crippen molar-refractivity contribution in [3.05, 3.63) is 21.8 Å². The second-order valence-electron chi connectivity index (χ2n) is 8.85. The Morgan fingerprint density at radius 3 is 2.50 bits per heavy atom. The van der Waals surface area contributed by atoms with Crippen LogP contribution in [0.5, 0.6) is 0 Å². The van der Waals surface area contributed by atoms with Crippen LogP contribution in [0.3, 0.4) is 0 Å². The van der Waals surface area contributed by atoms with E-state index >= 15 is 0 Å². The topological polar surface area (TPSA) is 38.7 Å². The number of aliphatic hydroxyl groups is 1. The molecule has 0 saturated carbocycles. The Morgan fingerprint density at radius 2 is 1.93 bits per heavy atom. The average molecular weight is 537 g/mol. The first kappa shape index (κ1) is 26.9. The van der Waals surface area contributed by atoms with Crippen LogP contribution in [-0.4, -0.2) is 66.2 Å². The molecule has 1 N–H and O–H groups in total. The van der Waals surface area contributed by atoms with Crippen molar-refractivity contribution in [2.24, 2.45) is 5.92 Å². The molecule has 0 amide bonds. The van der Waals surface area contributed by atoms with Gasteiger partial charge in [0.1, 0.15) is 6.79 Å². The molecule has 1 atom stereocenters. The fraction of sp³-hybridized carbons (Fsp3) is 0.818. The van der Waals surface area contributed by atoms with E-state index in [2.05, 4.69) is 57.9 Å². The van der Waals surface area contributed by atoms with Crippen molar-refractivity contribution in [2.75, 3.05) is 38.6 Å². The Hall–Kier alpha value is 0.859. The van der Waals surface area contributed by atoms with Gasteiger partial charge in [0.25, 0.3) is 0 Å². The summed E-state index contributed by atoms with van der Waals surface area (Å²) in [7, 11) is 1.65. The fourth-order valence-corrected chi connectivity index (χ4v) is 11.1. The standard InChI is InChI=1S/C19H33O3S2.3CH3.Sn/c1-4-18(14-20)9-6-11-19(23-12-7-13-24-19)10-5-8-17(2)15-22-16-21-3;;;;/h8,18,20H,1,5-7,9-16H2,2-3H3;3*1H3;/b17-8+;;;;. The third kappa shape index (κ3) is 10.3. The molecule has 0 aromatic heterocycles. The van der Waals surface area contributed by atoms with Crippen molar-refractivity contribution >= 4 is 41.9 Å². The van der Waals surface area contributed by atoms with Gasteiger partial charge in [0.15, 0.2) is 0 Å². The number of allylic oxidation sites excluding steroid dienone is 1. The van der Waals surface area contributed by atoms with Gasteiger partial charge < -0.3 is 4.74 Å². The molecule has 1 saturated heterocycles. The van der Waals surface area contributed by atoms with Crippen molar-refractivity contribution < 1.29 is 14.6 Å².